The van der Waals surface area contributed by atoms with Crippen LogP contribution in [0.15, 0.2) is 36.4 Å². The fourth-order valence-electron chi connectivity index (χ4n) is 2.12. The molecule has 0 fully saturated rings. The quantitative estimate of drug-likeness (QED) is 0.909. The van der Waals surface area contributed by atoms with Crippen molar-refractivity contribution in [3.05, 3.63) is 58.9 Å². The molecule has 1 atom stereocenters. The molecule has 0 aliphatic heterocycles. The van der Waals surface area contributed by atoms with Crippen LogP contribution < -0.4 is 10.5 Å². The maximum atomic E-state index is 14.1. The second-order valence-corrected chi connectivity index (χ2v) is 5.21. The Labute approximate surface area is 119 Å². The highest BCUT2D eigenvalue weighted by Gasteiger charge is 2.13. The first-order chi connectivity index (χ1) is 9.49. The smallest absolute Gasteiger partial charge is 0.166 e. The molecular weight excluding hydrogens is 253 g/mol. The highest BCUT2D eigenvalue weighted by Crippen LogP contribution is 2.32. The van der Waals surface area contributed by atoms with Gasteiger partial charge in [0, 0.05) is 6.04 Å². The molecule has 0 heterocycles. The van der Waals surface area contributed by atoms with Gasteiger partial charge in [-0.25, -0.2) is 4.39 Å². The van der Waals surface area contributed by atoms with E-state index < -0.39 is 0 Å². The summed E-state index contributed by atoms with van der Waals surface area (Å²) in [6, 6.07) is 10.7. The van der Waals surface area contributed by atoms with Gasteiger partial charge in [0.25, 0.3) is 0 Å². The molecule has 0 saturated heterocycles. The second-order valence-electron chi connectivity index (χ2n) is 5.21. The van der Waals surface area contributed by atoms with Gasteiger partial charge in [0.2, 0.25) is 0 Å². The molecule has 20 heavy (non-hydrogen) atoms. The first-order valence-electron chi connectivity index (χ1n) is 6.76. The molecule has 0 aromatic heterocycles. The van der Waals surface area contributed by atoms with E-state index in [-0.39, 0.29) is 17.6 Å². The summed E-state index contributed by atoms with van der Waals surface area (Å²) in [6.07, 6.45) is 0.581. The summed E-state index contributed by atoms with van der Waals surface area (Å²) in [5.74, 6) is 0.601. The molecule has 1 unspecified atom stereocenters. The third-order valence-electron chi connectivity index (χ3n) is 3.36. The molecule has 2 nitrogen and oxygen atoms in total. The van der Waals surface area contributed by atoms with Gasteiger partial charge in [-0.05, 0) is 56.0 Å². The fraction of sp³-hybridized carbons (Fsp3) is 0.294. The number of ether oxygens (including phenoxy) is 1. The molecule has 0 bridgehead atoms. The number of nitrogens with two attached hydrogens (primary N) is 1. The average Bonchev–Trinajstić information content (AvgIpc) is 2.38. The van der Waals surface area contributed by atoms with Gasteiger partial charge in [0.05, 0.1) is 0 Å². The van der Waals surface area contributed by atoms with Crippen molar-refractivity contribution in [1.29, 1.82) is 0 Å². The van der Waals surface area contributed by atoms with E-state index in [0.29, 0.717) is 12.2 Å². The summed E-state index contributed by atoms with van der Waals surface area (Å²) >= 11 is 0. The number of para-hydroxylation sites is 1. The molecule has 2 rings (SSSR count). The lowest BCUT2D eigenvalue weighted by Gasteiger charge is -2.15. The number of hydrogen-bond acceptors (Lipinski definition) is 2. The molecule has 0 aliphatic carbocycles. The highest BCUT2D eigenvalue weighted by molar-refractivity contribution is 5.44. The summed E-state index contributed by atoms with van der Waals surface area (Å²) in [5.41, 5.74) is 8.74. The van der Waals surface area contributed by atoms with E-state index in [1.807, 2.05) is 45.0 Å². The highest BCUT2D eigenvalue weighted by atomic mass is 19.1. The summed E-state index contributed by atoms with van der Waals surface area (Å²) in [7, 11) is 0. The van der Waals surface area contributed by atoms with Crippen molar-refractivity contribution in [3.63, 3.8) is 0 Å². The van der Waals surface area contributed by atoms with Gasteiger partial charge in [-0.2, -0.15) is 0 Å². The van der Waals surface area contributed by atoms with Gasteiger partial charge < -0.3 is 10.5 Å². The van der Waals surface area contributed by atoms with Crippen molar-refractivity contribution in [2.75, 3.05) is 0 Å². The predicted molar refractivity (Wildman–Crippen MR) is 79.7 cm³/mol. The van der Waals surface area contributed by atoms with Crippen LogP contribution in [0.2, 0.25) is 0 Å². The molecule has 2 aromatic rings. The van der Waals surface area contributed by atoms with Gasteiger partial charge >= 0.3 is 0 Å². The number of hydrogen-bond donors (Lipinski definition) is 1. The van der Waals surface area contributed by atoms with Gasteiger partial charge in [0.1, 0.15) is 5.75 Å². The van der Waals surface area contributed by atoms with Crippen LogP contribution in [-0.4, -0.2) is 6.04 Å². The third kappa shape index (κ3) is 3.17. The van der Waals surface area contributed by atoms with Crippen LogP contribution in [-0.2, 0) is 6.42 Å². The zero-order valence-corrected chi connectivity index (χ0v) is 12.1. The molecular formula is C17H20FNO. The lowest BCUT2D eigenvalue weighted by Crippen LogP contribution is -2.18. The van der Waals surface area contributed by atoms with Gasteiger partial charge in [-0.15, -0.1) is 0 Å². The Kier molecular flexibility index (Phi) is 4.40. The number of rotatable bonds is 4. The van der Waals surface area contributed by atoms with Crippen LogP contribution >= 0.6 is 0 Å². The number of benzene rings is 2. The third-order valence-corrected chi connectivity index (χ3v) is 3.36. The first-order valence-corrected chi connectivity index (χ1v) is 6.76. The van der Waals surface area contributed by atoms with E-state index in [4.69, 9.17) is 10.5 Å². The van der Waals surface area contributed by atoms with E-state index in [1.54, 1.807) is 6.07 Å². The molecule has 3 heteroatoms. The Morgan fingerprint density at radius 2 is 1.85 bits per heavy atom. The maximum Gasteiger partial charge on any atom is 0.166 e. The molecule has 2 N–H and O–H groups in total. The Morgan fingerprint density at radius 1 is 1.15 bits per heavy atom. The Balaban J connectivity index is 2.40. The predicted octanol–water partition coefficient (Wildman–Crippen LogP) is 4.12. The number of halogens is 1. The van der Waals surface area contributed by atoms with Crippen molar-refractivity contribution < 1.29 is 9.13 Å². The molecule has 0 aliphatic rings. The second kappa shape index (κ2) is 6.06. The first kappa shape index (κ1) is 14.5. The minimum absolute atomic E-state index is 0.0437. The number of aryl methyl sites for hydroxylation is 1. The van der Waals surface area contributed by atoms with E-state index in [9.17, 15) is 4.39 Å². The minimum Gasteiger partial charge on any atom is -0.454 e. The van der Waals surface area contributed by atoms with E-state index in [1.165, 1.54) is 6.07 Å². The monoisotopic (exact) mass is 273 g/mol. The van der Waals surface area contributed by atoms with Crippen molar-refractivity contribution in [3.8, 4) is 11.5 Å². The molecule has 0 spiro atoms. The zero-order chi connectivity index (χ0) is 14.7. The maximum absolute atomic E-state index is 14.1. The minimum atomic E-state index is -0.357. The summed E-state index contributed by atoms with van der Waals surface area (Å²) < 4.78 is 19.9. The molecule has 106 valence electrons. The Morgan fingerprint density at radius 3 is 2.55 bits per heavy atom. The van der Waals surface area contributed by atoms with Crippen molar-refractivity contribution in [2.45, 2.75) is 33.2 Å². The summed E-state index contributed by atoms with van der Waals surface area (Å²) in [6.45, 7) is 5.87. The molecule has 2 aromatic carbocycles. The van der Waals surface area contributed by atoms with Crippen LogP contribution in [0.5, 0.6) is 11.5 Å². The van der Waals surface area contributed by atoms with Crippen molar-refractivity contribution in [2.24, 2.45) is 5.73 Å². The Bertz CT molecular complexity index is 608. The van der Waals surface area contributed by atoms with E-state index >= 15 is 0 Å². The average molecular weight is 273 g/mol. The topological polar surface area (TPSA) is 35.2 Å². The lowest BCUT2D eigenvalue weighted by molar-refractivity contribution is 0.431. The van der Waals surface area contributed by atoms with Crippen LogP contribution in [0.25, 0.3) is 0 Å². The SMILES string of the molecule is Cc1cccc(Oc2c(F)cccc2CC(C)N)c1C. The molecule has 0 radical (unpaired) electrons. The van der Waals surface area contributed by atoms with E-state index in [0.717, 1.165) is 16.7 Å². The van der Waals surface area contributed by atoms with Gasteiger partial charge in [-0.1, -0.05) is 24.3 Å². The largest absolute Gasteiger partial charge is 0.454 e. The van der Waals surface area contributed by atoms with Crippen LogP contribution in [0, 0.1) is 19.7 Å². The van der Waals surface area contributed by atoms with Crippen molar-refractivity contribution in [1.82, 2.24) is 0 Å². The molecule has 0 saturated carbocycles. The summed E-state index contributed by atoms with van der Waals surface area (Å²) in [5, 5.41) is 0. The summed E-state index contributed by atoms with van der Waals surface area (Å²) in [4.78, 5) is 0. The van der Waals surface area contributed by atoms with Gasteiger partial charge in [0.15, 0.2) is 11.6 Å². The lowest BCUT2D eigenvalue weighted by atomic mass is 10.1. The Hall–Kier alpha value is -1.87. The fourth-order valence-corrected chi connectivity index (χ4v) is 2.12. The van der Waals surface area contributed by atoms with E-state index in [2.05, 4.69) is 0 Å². The van der Waals surface area contributed by atoms with Crippen LogP contribution in [0.1, 0.15) is 23.6 Å². The molecule has 0 amide bonds. The van der Waals surface area contributed by atoms with Crippen molar-refractivity contribution >= 4 is 0 Å². The normalized spacial score (nSPS) is 12.2. The van der Waals surface area contributed by atoms with Crippen LogP contribution in [0.4, 0.5) is 4.39 Å². The standard InChI is InChI=1S/C17H20FNO/c1-11-6-4-9-16(13(11)3)20-17-14(10-12(2)19)7-5-8-15(17)18/h4-9,12H,10,19H2,1-3H3. The van der Waals surface area contributed by atoms with Crippen LogP contribution in [0.3, 0.4) is 0 Å². The zero-order valence-electron chi connectivity index (χ0n) is 12.1. The van der Waals surface area contributed by atoms with Gasteiger partial charge in [-0.3, -0.25) is 0 Å².